The number of hydrogen-bond donors (Lipinski definition) is 1. The van der Waals surface area contributed by atoms with Crippen LogP contribution in [0, 0.1) is 5.92 Å². The Bertz CT molecular complexity index is 422. The number of benzene rings is 1. The summed E-state index contributed by atoms with van der Waals surface area (Å²) in [6.45, 7) is 2.34. The summed E-state index contributed by atoms with van der Waals surface area (Å²) in [5.74, 6) is 0.459. The van der Waals surface area contributed by atoms with Crippen LogP contribution in [-0.2, 0) is 16.0 Å². The average Bonchev–Trinajstić information content (AvgIpc) is 2.48. The summed E-state index contributed by atoms with van der Waals surface area (Å²) in [6, 6.07) is 9.44. The van der Waals surface area contributed by atoms with Crippen LogP contribution >= 0.6 is 12.4 Å². The van der Waals surface area contributed by atoms with Crippen LogP contribution in [0.4, 0.5) is 0 Å². The second-order valence-corrected chi connectivity index (χ2v) is 5.60. The zero-order valence-corrected chi connectivity index (χ0v) is 13.3. The van der Waals surface area contributed by atoms with E-state index >= 15 is 0 Å². The molecule has 2 atom stereocenters. The van der Waals surface area contributed by atoms with Crippen molar-refractivity contribution in [1.82, 2.24) is 4.90 Å². The molecular formula is C16H25ClN2O2. The van der Waals surface area contributed by atoms with Gasteiger partial charge in [0, 0.05) is 20.2 Å². The maximum atomic E-state index is 12.3. The Labute approximate surface area is 133 Å². The van der Waals surface area contributed by atoms with Gasteiger partial charge in [0.2, 0.25) is 5.91 Å². The van der Waals surface area contributed by atoms with Gasteiger partial charge in [0.25, 0.3) is 0 Å². The number of rotatable bonds is 5. The lowest BCUT2D eigenvalue weighted by molar-refractivity contribution is -0.132. The monoisotopic (exact) mass is 312 g/mol. The summed E-state index contributed by atoms with van der Waals surface area (Å²) in [7, 11) is 1.84. The summed E-state index contributed by atoms with van der Waals surface area (Å²) >= 11 is 0. The van der Waals surface area contributed by atoms with Crippen LogP contribution in [0.5, 0.6) is 0 Å². The van der Waals surface area contributed by atoms with E-state index in [1.54, 1.807) is 4.90 Å². The Kier molecular flexibility index (Phi) is 7.72. The normalized spacial score (nSPS) is 19.4. The number of nitrogens with zero attached hydrogens (tertiary/aromatic N) is 1. The second kappa shape index (κ2) is 9.03. The van der Waals surface area contributed by atoms with Gasteiger partial charge in [0.05, 0.1) is 12.6 Å². The minimum atomic E-state index is -0.466. The Morgan fingerprint density at radius 3 is 2.76 bits per heavy atom. The lowest BCUT2D eigenvalue weighted by Crippen LogP contribution is -2.45. The van der Waals surface area contributed by atoms with Gasteiger partial charge in [-0.05, 0) is 30.7 Å². The number of likely N-dealkylation sites (N-methyl/N-ethyl adjacent to an activating group) is 1. The first-order chi connectivity index (χ1) is 9.66. The predicted molar refractivity (Wildman–Crippen MR) is 86.5 cm³/mol. The van der Waals surface area contributed by atoms with Gasteiger partial charge in [-0.15, -0.1) is 12.4 Å². The number of hydrogen-bond acceptors (Lipinski definition) is 3. The molecule has 0 aliphatic carbocycles. The van der Waals surface area contributed by atoms with Crippen LogP contribution < -0.4 is 5.73 Å². The third-order valence-electron chi connectivity index (χ3n) is 3.78. The van der Waals surface area contributed by atoms with E-state index in [1.807, 2.05) is 37.4 Å². The van der Waals surface area contributed by atoms with Crippen LogP contribution in [0.15, 0.2) is 30.3 Å². The van der Waals surface area contributed by atoms with Gasteiger partial charge < -0.3 is 15.4 Å². The third kappa shape index (κ3) is 5.65. The highest BCUT2D eigenvalue weighted by molar-refractivity contribution is 5.85. The molecule has 2 unspecified atom stereocenters. The van der Waals surface area contributed by atoms with Crippen LogP contribution in [-0.4, -0.2) is 43.7 Å². The molecule has 21 heavy (non-hydrogen) atoms. The van der Waals surface area contributed by atoms with E-state index in [0.717, 1.165) is 38.2 Å². The molecule has 1 aromatic carbocycles. The molecule has 4 nitrogen and oxygen atoms in total. The van der Waals surface area contributed by atoms with Crippen LogP contribution in [0.1, 0.15) is 18.4 Å². The molecule has 118 valence electrons. The number of nitrogens with two attached hydrogens (primary N) is 1. The number of ether oxygens (including phenoxy) is 1. The van der Waals surface area contributed by atoms with E-state index in [9.17, 15) is 4.79 Å². The molecule has 2 N–H and O–H groups in total. The van der Waals surface area contributed by atoms with Gasteiger partial charge in [0.1, 0.15) is 0 Å². The average molecular weight is 313 g/mol. The highest BCUT2D eigenvalue weighted by atomic mass is 35.5. The molecule has 1 aromatic rings. The summed E-state index contributed by atoms with van der Waals surface area (Å²) < 4.78 is 5.45. The van der Waals surface area contributed by atoms with Crippen molar-refractivity contribution in [2.75, 3.05) is 26.8 Å². The quantitative estimate of drug-likeness (QED) is 0.903. The third-order valence-corrected chi connectivity index (χ3v) is 3.78. The molecule has 1 aliphatic rings. The van der Waals surface area contributed by atoms with Gasteiger partial charge in [0.15, 0.2) is 0 Å². The zero-order chi connectivity index (χ0) is 14.4. The standard InChI is InChI=1S/C16H24N2O2.ClH/c1-18(11-14-8-5-9-20-12-14)16(19)15(17)10-13-6-3-2-4-7-13;/h2-4,6-7,14-15H,5,8-12,17H2,1H3;1H. The van der Waals surface area contributed by atoms with E-state index in [0.29, 0.717) is 12.3 Å². The molecule has 1 fully saturated rings. The van der Waals surface area contributed by atoms with E-state index in [2.05, 4.69) is 0 Å². The van der Waals surface area contributed by atoms with Gasteiger partial charge in [-0.1, -0.05) is 30.3 Å². The highest BCUT2D eigenvalue weighted by Crippen LogP contribution is 2.15. The molecule has 0 radical (unpaired) electrons. The summed E-state index contributed by atoms with van der Waals surface area (Å²) in [4.78, 5) is 14.0. The van der Waals surface area contributed by atoms with Crippen molar-refractivity contribution in [3.8, 4) is 0 Å². The van der Waals surface area contributed by atoms with E-state index in [-0.39, 0.29) is 18.3 Å². The van der Waals surface area contributed by atoms with Crippen molar-refractivity contribution in [2.45, 2.75) is 25.3 Å². The lowest BCUT2D eigenvalue weighted by Gasteiger charge is -2.28. The summed E-state index contributed by atoms with van der Waals surface area (Å²) in [5.41, 5.74) is 7.13. The lowest BCUT2D eigenvalue weighted by atomic mass is 10.0. The Morgan fingerprint density at radius 2 is 2.14 bits per heavy atom. The van der Waals surface area contributed by atoms with E-state index in [4.69, 9.17) is 10.5 Å². The molecule has 1 saturated heterocycles. The molecule has 1 aliphatic heterocycles. The van der Waals surface area contributed by atoms with Crippen molar-refractivity contribution in [1.29, 1.82) is 0 Å². The SMILES string of the molecule is CN(CC1CCCOC1)C(=O)C(N)Cc1ccccc1.Cl. The predicted octanol–water partition coefficient (Wildman–Crippen LogP) is 1.86. The Morgan fingerprint density at radius 1 is 1.43 bits per heavy atom. The molecule has 0 bridgehead atoms. The molecule has 1 heterocycles. The number of amides is 1. The topological polar surface area (TPSA) is 55.6 Å². The number of halogens is 1. The molecule has 1 amide bonds. The van der Waals surface area contributed by atoms with Crippen molar-refractivity contribution < 1.29 is 9.53 Å². The smallest absolute Gasteiger partial charge is 0.239 e. The Hall–Kier alpha value is -1.10. The fourth-order valence-electron chi connectivity index (χ4n) is 2.67. The molecule has 0 spiro atoms. The molecule has 5 heteroatoms. The Balaban J connectivity index is 0.00000220. The van der Waals surface area contributed by atoms with Crippen molar-refractivity contribution in [3.05, 3.63) is 35.9 Å². The first kappa shape index (κ1) is 18.0. The maximum absolute atomic E-state index is 12.3. The largest absolute Gasteiger partial charge is 0.381 e. The van der Waals surface area contributed by atoms with Gasteiger partial charge in [-0.3, -0.25) is 4.79 Å². The minimum absolute atomic E-state index is 0. The molecule has 0 aromatic heterocycles. The van der Waals surface area contributed by atoms with Crippen molar-refractivity contribution >= 4 is 18.3 Å². The van der Waals surface area contributed by atoms with Crippen molar-refractivity contribution in [2.24, 2.45) is 11.7 Å². The van der Waals surface area contributed by atoms with Crippen LogP contribution in [0.3, 0.4) is 0 Å². The first-order valence-electron chi connectivity index (χ1n) is 7.29. The number of carbonyl (C=O) groups is 1. The second-order valence-electron chi connectivity index (χ2n) is 5.60. The summed E-state index contributed by atoms with van der Waals surface area (Å²) in [6.07, 6.45) is 2.81. The van der Waals surface area contributed by atoms with Gasteiger partial charge in [-0.25, -0.2) is 0 Å². The van der Waals surface area contributed by atoms with Gasteiger partial charge in [-0.2, -0.15) is 0 Å². The van der Waals surface area contributed by atoms with Crippen LogP contribution in [0.2, 0.25) is 0 Å². The van der Waals surface area contributed by atoms with E-state index < -0.39 is 6.04 Å². The maximum Gasteiger partial charge on any atom is 0.239 e. The molecular weight excluding hydrogens is 288 g/mol. The molecule has 0 saturated carbocycles. The van der Waals surface area contributed by atoms with E-state index in [1.165, 1.54) is 0 Å². The van der Waals surface area contributed by atoms with Crippen LogP contribution in [0.25, 0.3) is 0 Å². The zero-order valence-electron chi connectivity index (χ0n) is 12.5. The van der Waals surface area contributed by atoms with Gasteiger partial charge >= 0.3 is 0 Å². The fraction of sp³-hybridized carbons (Fsp3) is 0.562. The van der Waals surface area contributed by atoms with Crippen molar-refractivity contribution in [3.63, 3.8) is 0 Å². The number of carbonyl (C=O) groups excluding carboxylic acids is 1. The summed E-state index contributed by atoms with van der Waals surface area (Å²) in [5, 5.41) is 0. The molecule has 2 rings (SSSR count). The minimum Gasteiger partial charge on any atom is -0.381 e. The highest BCUT2D eigenvalue weighted by Gasteiger charge is 2.22. The fourth-order valence-corrected chi connectivity index (χ4v) is 2.67. The first-order valence-corrected chi connectivity index (χ1v) is 7.29.